The van der Waals surface area contributed by atoms with Crippen molar-refractivity contribution in [3.8, 4) is 11.3 Å². The van der Waals surface area contributed by atoms with Gasteiger partial charge in [0.25, 0.3) is 0 Å². The van der Waals surface area contributed by atoms with Gasteiger partial charge in [0, 0.05) is 15.6 Å². The van der Waals surface area contributed by atoms with Crippen LogP contribution in [-0.4, -0.2) is 11.5 Å². The van der Waals surface area contributed by atoms with E-state index < -0.39 is 0 Å². The molecule has 90 valence electrons. The van der Waals surface area contributed by atoms with Gasteiger partial charge < -0.3 is 10.2 Å². The van der Waals surface area contributed by atoms with Crippen molar-refractivity contribution in [3.63, 3.8) is 0 Å². The van der Waals surface area contributed by atoms with E-state index in [1.165, 1.54) is 12.1 Å². The summed E-state index contributed by atoms with van der Waals surface area (Å²) in [5.41, 5.74) is 6.28. The zero-order valence-electron chi connectivity index (χ0n) is 9.12. The number of aryl methyl sites for hydroxylation is 1. The lowest BCUT2D eigenvalue weighted by Crippen LogP contribution is -2.00. The van der Waals surface area contributed by atoms with E-state index >= 15 is 0 Å². The molecule has 2 rings (SSSR count). The van der Waals surface area contributed by atoms with Crippen LogP contribution in [-0.2, 0) is 6.42 Å². The summed E-state index contributed by atoms with van der Waals surface area (Å²) in [4.78, 5) is 4.17. The van der Waals surface area contributed by atoms with Gasteiger partial charge in [-0.3, -0.25) is 0 Å². The second kappa shape index (κ2) is 5.59. The quantitative estimate of drug-likeness (QED) is 0.866. The predicted octanol–water partition coefficient (Wildman–Crippen LogP) is 2.98. The fraction of sp³-hybridized carbons (Fsp3) is 0.250. The number of nitrogens with zero attached hydrogens (tertiary/aromatic N) is 1. The highest BCUT2D eigenvalue weighted by Crippen LogP contribution is 2.26. The SMILES string of the molecule is NCCCc1ncc(-c2ccc(F)cc2I)o1. The van der Waals surface area contributed by atoms with Gasteiger partial charge in [-0.15, -0.1) is 0 Å². The highest BCUT2D eigenvalue weighted by atomic mass is 127. The monoisotopic (exact) mass is 346 g/mol. The molecule has 1 aromatic carbocycles. The molecule has 0 radical (unpaired) electrons. The first-order chi connectivity index (χ1) is 8.20. The molecule has 1 heterocycles. The van der Waals surface area contributed by atoms with Crippen molar-refractivity contribution in [2.24, 2.45) is 5.73 Å². The number of rotatable bonds is 4. The third-order valence-corrected chi connectivity index (χ3v) is 3.24. The smallest absolute Gasteiger partial charge is 0.194 e. The molecule has 3 nitrogen and oxygen atoms in total. The van der Waals surface area contributed by atoms with Crippen molar-refractivity contribution in [1.29, 1.82) is 0 Å². The molecule has 2 aromatic rings. The number of oxazole rings is 1. The highest BCUT2D eigenvalue weighted by Gasteiger charge is 2.10. The normalized spacial score (nSPS) is 10.8. The minimum absolute atomic E-state index is 0.249. The van der Waals surface area contributed by atoms with Gasteiger partial charge in [-0.2, -0.15) is 0 Å². The van der Waals surface area contributed by atoms with Crippen LogP contribution in [0.5, 0.6) is 0 Å². The molecule has 0 aliphatic carbocycles. The van der Waals surface area contributed by atoms with Crippen molar-refractivity contribution < 1.29 is 8.81 Å². The molecule has 17 heavy (non-hydrogen) atoms. The van der Waals surface area contributed by atoms with E-state index in [0.29, 0.717) is 18.2 Å². The standard InChI is InChI=1S/C12H12FIN2O/c13-8-3-4-9(10(14)6-8)11-7-16-12(17-11)2-1-5-15/h3-4,6-7H,1-2,5,15H2. The first-order valence-corrected chi connectivity index (χ1v) is 6.39. The molecule has 0 saturated heterocycles. The molecule has 0 atom stereocenters. The lowest BCUT2D eigenvalue weighted by Gasteiger charge is -2.00. The Morgan fingerprint density at radius 1 is 1.41 bits per heavy atom. The third-order valence-electron chi connectivity index (χ3n) is 2.34. The van der Waals surface area contributed by atoms with Gasteiger partial charge in [-0.05, 0) is 53.8 Å². The van der Waals surface area contributed by atoms with E-state index in [4.69, 9.17) is 10.2 Å². The molecule has 0 amide bonds. The van der Waals surface area contributed by atoms with Crippen LogP contribution >= 0.6 is 22.6 Å². The van der Waals surface area contributed by atoms with Crippen LogP contribution in [0.3, 0.4) is 0 Å². The summed E-state index contributed by atoms with van der Waals surface area (Å²) in [6.45, 7) is 0.617. The van der Waals surface area contributed by atoms with Crippen LogP contribution in [0, 0.1) is 9.39 Å². The van der Waals surface area contributed by atoms with Gasteiger partial charge in [-0.1, -0.05) is 0 Å². The molecule has 2 N–H and O–H groups in total. The van der Waals surface area contributed by atoms with Gasteiger partial charge in [0.1, 0.15) is 5.82 Å². The molecule has 0 aliphatic rings. The maximum Gasteiger partial charge on any atom is 0.194 e. The Balaban J connectivity index is 2.24. The van der Waals surface area contributed by atoms with E-state index in [9.17, 15) is 4.39 Å². The average molecular weight is 346 g/mol. The van der Waals surface area contributed by atoms with Crippen molar-refractivity contribution in [3.05, 3.63) is 39.7 Å². The van der Waals surface area contributed by atoms with Crippen molar-refractivity contribution in [1.82, 2.24) is 4.98 Å². The summed E-state index contributed by atoms with van der Waals surface area (Å²) < 4.78 is 19.4. The van der Waals surface area contributed by atoms with E-state index in [1.54, 1.807) is 12.3 Å². The molecule has 0 fully saturated rings. The summed E-state index contributed by atoms with van der Waals surface area (Å²) in [5, 5.41) is 0. The van der Waals surface area contributed by atoms with Gasteiger partial charge in [0.15, 0.2) is 11.7 Å². The third kappa shape index (κ3) is 3.04. The summed E-state index contributed by atoms with van der Waals surface area (Å²) in [7, 11) is 0. The molecular weight excluding hydrogens is 334 g/mol. The van der Waals surface area contributed by atoms with Gasteiger partial charge in [0.05, 0.1) is 6.20 Å². The fourth-order valence-corrected chi connectivity index (χ4v) is 2.24. The Bertz CT molecular complexity index is 513. The summed E-state index contributed by atoms with van der Waals surface area (Å²) in [5.74, 6) is 1.09. The van der Waals surface area contributed by atoms with Crippen LogP contribution in [0.4, 0.5) is 4.39 Å². The molecule has 1 aromatic heterocycles. The molecule has 5 heteroatoms. The second-order valence-electron chi connectivity index (χ2n) is 3.63. The van der Waals surface area contributed by atoms with Crippen LogP contribution in [0.15, 0.2) is 28.8 Å². The average Bonchev–Trinajstić information content (AvgIpc) is 2.75. The topological polar surface area (TPSA) is 52.0 Å². The Hall–Kier alpha value is -0.950. The van der Waals surface area contributed by atoms with Crippen molar-refractivity contribution in [2.45, 2.75) is 12.8 Å². The summed E-state index contributed by atoms with van der Waals surface area (Å²) in [6, 6.07) is 4.59. The number of hydrogen-bond acceptors (Lipinski definition) is 3. The number of hydrogen-bond donors (Lipinski definition) is 1. The first-order valence-electron chi connectivity index (χ1n) is 5.31. The van der Waals surface area contributed by atoms with Gasteiger partial charge in [-0.25, -0.2) is 9.37 Å². The van der Waals surface area contributed by atoms with E-state index in [1.807, 2.05) is 0 Å². The maximum atomic E-state index is 13.0. The second-order valence-corrected chi connectivity index (χ2v) is 4.80. The minimum atomic E-state index is -0.249. The number of aromatic nitrogens is 1. The van der Waals surface area contributed by atoms with Crippen LogP contribution in [0.25, 0.3) is 11.3 Å². The number of halogens is 2. The molecule has 0 aliphatic heterocycles. The van der Waals surface area contributed by atoms with Crippen LogP contribution < -0.4 is 5.73 Å². The zero-order chi connectivity index (χ0) is 12.3. The zero-order valence-corrected chi connectivity index (χ0v) is 11.3. The Morgan fingerprint density at radius 3 is 2.94 bits per heavy atom. The summed E-state index contributed by atoms with van der Waals surface area (Å²) in [6.07, 6.45) is 3.25. The number of nitrogens with two attached hydrogens (primary N) is 1. The van der Waals surface area contributed by atoms with Gasteiger partial charge in [0.2, 0.25) is 0 Å². The lowest BCUT2D eigenvalue weighted by molar-refractivity contribution is 0.499. The largest absolute Gasteiger partial charge is 0.441 e. The van der Waals surface area contributed by atoms with Crippen molar-refractivity contribution >= 4 is 22.6 Å². The van der Waals surface area contributed by atoms with E-state index in [0.717, 1.165) is 22.0 Å². The van der Waals surface area contributed by atoms with E-state index in [-0.39, 0.29) is 5.82 Å². The molecule has 0 unspecified atom stereocenters. The first kappa shape index (κ1) is 12.5. The molecule has 0 spiro atoms. The Morgan fingerprint density at radius 2 is 2.24 bits per heavy atom. The van der Waals surface area contributed by atoms with E-state index in [2.05, 4.69) is 27.6 Å². The number of benzene rings is 1. The highest BCUT2D eigenvalue weighted by molar-refractivity contribution is 14.1. The minimum Gasteiger partial charge on any atom is -0.441 e. The van der Waals surface area contributed by atoms with Crippen LogP contribution in [0.2, 0.25) is 0 Å². The fourth-order valence-electron chi connectivity index (χ4n) is 1.49. The van der Waals surface area contributed by atoms with Gasteiger partial charge >= 0.3 is 0 Å². The molecular formula is C12H12FIN2O. The summed E-state index contributed by atoms with van der Waals surface area (Å²) >= 11 is 2.08. The molecule has 0 bridgehead atoms. The Kier molecular flexibility index (Phi) is 4.11. The lowest BCUT2D eigenvalue weighted by atomic mass is 10.2. The molecule has 0 saturated carbocycles. The predicted molar refractivity (Wildman–Crippen MR) is 72.0 cm³/mol. The maximum absolute atomic E-state index is 13.0. The Labute approximate surface area is 112 Å². The van der Waals surface area contributed by atoms with Crippen molar-refractivity contribution in [2.75, 3.05) is 6.54 Å². The van der Waals surface area contributed by atoms with Crippen LogP contribution in [0.1, 0.15) is 12.3 Å².